The number of aromatic nitrogens is 1. The lowest BCUT2D eigenvalue weighted by Gasteiger charge is -2.22. The second-order valence-electron chi connectivity index (χ2n) is 7.02. The van der Waals surface area contributed by atoms with Crippen molar-refractivity contribution in [2.75, 3.05) is 4.90 Å². The summed E-state index contributed by atoms with van der Waals surface area (Å²) in [5.74, 6) is 1.35. The molecule has 2 aromatic heterocycles. The molecule has 152 valence electrons. The monoisotopic (exact) mass is 404 g/mol. The number of oxazole rings is 1. The summed E-state index contributed by atoms with van der Waals surface area (Å²) in [6.45, 7) is 2.35. The predicted molar refractivity (Wildman–Crippen MR) is 111 cm³/mol. The van der Waals surface area contributed by atoms with E-state index >= 15 is 0 Å². The van der Waals surface area contributed by atoms with E-state index in [0.29, 0.717) is 30.4 Å². The van der Waals surface area contributed by atoms with Gasteiger partial charge >= 0.3 is 0 Å². The molecule has 6 heteroatoms. The molecule has 4 rings (SSSR count). The van der Waals surface area contributed by atoms with Crippen molar-refractivity contribution in [3.8, 4) is 11.3 Å². The molecule has 0 aliphatic rings. The molecule has 0 saturated carbocycles. The third kappa shape index (κ3) is 4.66. The van der Waals surface area contributed by atoms with E-state index in [4.69, 9.17) is 8.83 Å². The Morgan fingerprint density at radius 1 is 1.07 bits per heavy atom. The number of carbonyl (C=O) groups is 1. The summed E-state index contributed by atoms with van der Waals surface area (Å²) in [5.41, 5.74) is 2.67. The van der Waals surface area contributed by atoms with Gasteiger partial charge in [0, 0.05) is 24.1 Å². The third-order valence-corrected chi connectivity index (χ3v) is 4.78. The number of benzene rings is 2. The number of amides is 1. The van der Waals surface area contributed by atoms with Crippen LogP contribution in [0.4, 0.5) is 10.1 Å². The Labute approximate surface area is 173 Å². The van der Waals surface area contributed by atoms with Crippen LogP contribution in [0, 0.1) is 12.7 Å². The van der Waals surface area contributed by atoms with Gasteiger partial charge in [0.05, 0.1) is 19.0 Å². The first-order valence-corrected chi connectivity index (χ1v) is 9.68. The van der Waals surface area contributed by atoms with Crippen LogP contribution in [0.5, 0.6) is 0 Å². The van der Waals surface area contributed by atoms with E-state index < -0.39 is 0 Å². The molecule has 0 saturated heterocycles. The number of rotatable bonds is 7. The van der Waals surface area contributed by atoms with Crippen molar-refractivity contribution in [3.63, 3.8) is 0 Å². The van der Waals surface area contributed by atoms with E-state index in [2.05, 4.69) is 4.98 Å². The molecule has 5 nitrogen and oxygen atoms in total. The maximum absolute atomic E-state index is 13.1. The quantitative estimate of drug-likeness (QED) is 0.405. The molecular weight excluding hydrogens is 383 g/mol. The summed E-state index contributed by atoms with van der Waals surface area (Å²) in [6, 6.07) is 17.4. The number of hydrogen-bond acceptors (Lipinski definition) is 4. The van der Waals surface area contributed by atoms with Crippen LogP contribution in [0.2, 0.25) is 0 Å². The molecule has 0 N–H and O–H groups in total. The second kappa shape index (κ2) is 8.78. The Kier molecular flexibility index (Phi) is 5.75. The van der Waals surface area contributed by atoms with E-state index in [1.165, 1.54) is 12.1 Å². The molecule has 0 aliphatic carbocycles. The van der Waals surface area contributed by atoms with Crippen molar-refractivity contribution in [2.45, 2.75) is 26.3 Å². The number of aryl methyl sites for hydroxylation is 2. The first kappa shape index (κ1) is 19.6. The van der Waals surface area contributed by atoms with E-state index in [-0.39, 0.29) is 18.1 Å². The van der Waals surface area contributed by atoms with Gasteiger partial charge in [-0.05, 0) is 55.5 Å². The van der Waals surface area contributed by atoms with Crippen molar-refractivity contribution >= 4 is 11.6 Å². The number of furan rings is 1. The van der Waals surface area contributed by atoms with Gasteiger partial charge in [-0.15, -0.1) is 0 Å². The Bertz CT molecular complexity index is 1100. The predicted octanol–water partition coefficient (Wildman–Crippen LogP) is 5.55. The number of nitrogens with zero attached hydrogens (tertiary/aromatic N) is 2. The normalized spacial score (nSPS) is 10.9. The molecule has 0 fully saturated rings. The van der Waals surface area contributed by atoms with Crippen molar-refractivity contribution in [1.29, 1.82) is 0 Å². The summed E-state index contributed by atoms with van der Waals surface area (Å²) in [6.07, 6.45) is 3.78. The molecule has 2 heterocycles. The number of hydrogen-bond donors (Lipinski definition) is 0. The van der Waals surface area contributed by atoms with E-state index in [1.54, 1.807) is 35.6 Å². The highest BCUT2D eigenvalue weighted by molar-refractivity contribution is 5.93. The fraction of sp³-hybridized carbons (Fsp3) is 0.167. The van der Waals surface area contributed by atoms with Crippen molar-refractivity contribution in [3.05, 3.63) is 96.2 Å². The Hall–Kier alpha value is -3.67. The van der Waals surface area contributed by atoms with Crippen LogP contribution in [0.1, 0.15) is 23.6 Å². The van der Waals surface area contributed by atoms with Crippen LogP contribution >= 0.6 is 0 Å². The molecule has 0 radical (unpaired) electrons. The zero-order valence-electron chi connectivity index (χ0n) is 16.5. The van der Waals surface area contributed by atoms with Crippen LogP contribution in [-0.2, 0) is 17.8 Å². The molecule has 4 aromatic rings. The maximum Gasteiger partial charge on any atom is 0.227 e. The summed E-state index contributed by atoms with van der Waals surface area (Å²) < 4.78 is 24.3. The standard InChI is InChI=1S/C24H21FN2O3/c1-17-4-10-20(11-5-17)27(16-21-3-2-14-29-21)24(28)13-12-23-26-15-22(30-23)18-6-8-19(25)9-7-18/h2-11,14-15H,12-13,16H2,1H3. The van der Waals surface area contributed by atoms with Crippen molar-refractivity contribution in [2.24, 2.45) is 0 Å². The van der Waals surface area contributed by atoms with Gasteiger partial charge in [-0.2, -0.15) is 0 Å². The minimum absolute atomic E-state index is 0.0585. The Morgan fingerprint density at radius 3 is 2.53 bits per heavy atom. The van der Waals surface area contributed by atoms with Crippen LogP contribution in [0.3, 0.4) is 0 Å². The van der Waals surface area contributed by atoms with Crippen LogP contribution in [0.25, 0.3) is 11.3 Å². The lowest BCUT2D eigenvalue weighted by atomic mass is 10.2. The van der Waals surface area contributed by atoms with Gasteiger partial charge in [-0.3, -0.25) is 4.79 Å². The highest BCUT2D eigenvalue weighted by atomic mass is 19.1. The van der Waals surface area contributed by atoms with E-state index in [0.717, 1.165) is 16.8 Å². The first-order valence-electron chi connectivity index (χ1n) is 9.68. The van der Waals surface area contributed by atoms with Gasteiger partial charge in [0.1, 0.15) is 11.6 Å². The molecule has 0 spiro atoms. The summed E-state index contributed by atoms with van der Waals surface area (Å²) >= 11 is 0. The SMILES string of the molecule is Cc1ccc(N(Cc2ccco2)C(=O)CCc2ncc(-c3ccc(F)cc3)o2)cc1. The fourth-order valence-electron chi connectivity index (χ4n) is 3.13. The minimum Gasteiger partial charge on any atom is -0.467 e. The highest BCUT2D eigenvalue weighted by Gasteiger charge is 2.19. The molecule has 0 unspecified atom stereocenters. The first-order chi connectivity index (χ1) is 14.6. The molecule has 0 aliphatic heterocycles. The molecule has 30 heavy (non-hydrogen) atoms. The molecular formula is C24H21FN2O3. The molecule has 1 amide bonds. The lowest BCUT2D eigenvalue weighted by molar-refractivity contribution is -0.118. The fourth-order valence-corrected chi connectivity index (χ4v) is 3.13. The van der Waals surface area contributed by atoms with Gasteiger partial charge in [-0.25, -0.2) is 9.37 Å². The third-order valence-electron chi connectivity index (χ3n) is 4.78. The highest BCUT2D eigenvalue weighted by Crippen LogP contribution is 2.23. The largest absolute Gasteiger partial charge is 0.467 e. The van der Waals surface area contributed by atoms with Gasteiger partial charge in [0.2, 0.25) is 5.91 Å². The second-order valence-corrected chi connectivity index (χ2v) is 7.02. The number of halogens is 1. The van der Waals surface area contributed by atoms with Crippen molar-refractivity contribution < 1.29 is 18.0 Å². The van der Waals surface area contributed by atoms with Gasteiger partial charge < -0.3 is 13.7 Å². The van der Waals surface area contributed by atoms with Crippen LogP contribution in [0.15, 0.2) is 82.0 Å². The van der Waals surface area contributed by atoms with Crippen LogP contribution in [-0.4, -0.2) is 10.9 Å². The van der Waals surface area contributed by atoms with E-state index in [1.807, 2.05) is 37.3 Å². The maximum atomic E-state index is 13.1. The van der Waals surface area contributed by atoms with Crippen LogP contribution < -0.4 is 4.90 Å². The Balaban J connectivity index is 1.46. The topological polar surface area (TPSA) is 59.5 Å². The smallest absolute Gasteiger partial charge is 0.227 e. The van der Waals surface area contributed by atoms with Gasteiger partial charge in [0.25, 0.3) is 0 Å². The number of carbonyl (C=O) groups excluding carboxylic acids is 1. The summed E-state index contributed by atoms with van der Waals surface area (Å²) in [7, 11) is 0. The number of anilines is 1. The molecule has 0 bridgehead atoms. The molecule has 2 aromatic carbocycles. The van der Waals surface area contributed by atoms with Gasteiger partial charge in [0.15, 0.2) is 11.7 Å². The Morgan fingerprint density at radius 2 is 1.83 bits per heavy atom. The van der Waals surface area contributed by atoms with Gasteiger partial charge in [-0.1, -0.05) is 17.7 Å². The minimum atomic E-state index is -0.308. The van der Waals surface area contributed by atoms with E-state index in [9.17, 15) is 9.18 Å². The average Bonchev–Trinajstić information content (AvgIpc) is 3.44. The lowest BCUT2D eigenvalue weighted by Crippen LogP contribution is -2.30. The average molecular weight is 404 g/mol. The van der Waals surface area contributed by atoms with Crippen molar-refractivity contribution in [1.82, 2.24) is 4.98 Å². The summed E-state index contributed by atoms with van der Waals surface area (Å²) in [5, 5.41) is 0. The zero-order chi connectivity index (χ0) is 20.9. The molecule has 0 atom stereocenters. The summed E-state index contributed by atoms with van der Waals surface area (Å²) in [4.78, 5) is 19.0. The zero-order valence-corrected chi connectivity index (χ0v) is 16.5.